The van der Waals surface area contributed by atoms with Crippen LogP contribution < -0.4 is 4.74 Å². The molecule has 0 spiro atoms. The quantitative estimate of drug-likeness (QED) is 0.326. The van der Waals surface area contributed by atoms with Crippen molar-refractivity contribution in [2.75, 3.05) is 0 Å². The second-order valence-electron chi connectivity index (χ2n) is 9.44. The number of benzene rings is 3. The molecule has 1 aliphatic rings. The van der Waals surface area contributed by atoms with Gasteiger partial charge in [0.15, 0.2) is 11.6 Å². The summed E-state index contributed by atoms with van der Waals surface area (Å²) in [6, 6.07) is 14.8. The molecule has 0 aliphatic heterocycles. The van der Waals surface area contributed by atoms with Crippen molar-refractivity contribution in [3.63, 3.8) is 0 Å². The molecule has 1 aliphatic carbocycles. The SMILES string of the molecule is C=C(C)c1cc(-c2ccc(-c3ccc(C4CCC(C)CC4)cc3)cc2F)cc(F)c1OC(F)(F)F. The van der Waals surface area contributed by atoms with E-state index in [0.29, 0.717) is 11.5 Å². The van der Waals surface area contributed by atoms with Gasteiger partial charge in [0.2, 0.25) is 0 Å². The maximum Gasteiger partial charge on any atom is 0.573 e. The Labute approximate surface area is 202 Å². The Morgan fingerprint density at radius 3 is 2.00 bits per heavy atom. The molecule has 0 saturated heterocycles. The molecule has 184 valence electrons. The van der Waals surface area contributed by atoms with E-state index in [4.69, 9.17) is 0 Å². The predicted molar refractivity (Wildman–Crippen MR) is 129 cm³/mol. The van der Waals surface area contributed by atoms with Crippen molar-refractivity contribution >= 4 is 5.57 Å². The molecular weight excluding hydrogens is 459 g/mol. The van der Waals surface area contributed by atoms with E-state index in [9.17, 15) is 17.6 Å². The second kappa shape index (κ2) is 9.84. The van der Waals surface area contributed by atoms with Crippen molar-refractivity contribution in [2.24, 2.45) is 5.92 Å². The number of allylic oxidation sites excluding steroid dienone is 1. The van der Waals surface area contributed by atoms with Crippen LogP contribution in [0, 0.1) is 17.6 Å². The van der Waals surface area contributed by atoms with E-state index in [1.54, 1.807) is 6.07 Å². The first-order chi connectivity index (χ1) is 16.5. The zero-order valence-corrected chi connectivity index (χ0v) is 19.7. The molecule has 0 N–H and O–H groups in total. The van der Waals surface area contributed by atoms with Gasteiger partial charge in [0, 0.05) is 11.1 Å². The molecule has 0 bridgehead atoms. The van der Waals surface area contributed by atoms with Gasteiger partial charge in [0.1, 0.15) is 5.82 Å². The predicted octanol–water partition coefficient (Wildman–Crippen LogP) is 9.52. The van der Waals surface area contributed by atoms with Crippen LogP contribution in [0.1, 0.15) is 56.6 Å². The largest absolute Gasteiger partial charge is 0.573 e. The van der Waals surface area contributed by atoms with Crippen LogP contribution in [0.5, 0.6) is 5.75 Å². The van der Waals surface area contributed by atoms with Crippen molar-refractivity contribution in [3.05, 3.63) is 83.9 Å². The molecule has 1 fully saturated rings. The smallest absolute Gasteiger partial charge is 0.402 e. The lowest BCUT2D eigenvalue weighted by atomic mass is 9.79. The van der Waals surface area contributed by atoms with Crippen molar-refractivity contribution in [1.82, 2.24) is 0 Å². The van der Waals surface area contributed by atoms with Gasteiger partial charge in [-0.05, 0) is 77.6 Å². The third kappa shape index (κ3) is 5.75. The number of hydrogen-bond donors (Lipinski definition) is 0. The van der Waals surface area contributed by atoms with Gasteiger partial charge in [-0.15, -0.1) is 13.2 Å². The highest BCUT2D eigenvalue weighted by molar-refractivity contribution is 5.77. The summed E-state index contributed by atoms with van der Waals surface area (Å²) >= 11 is 0. The van der Waals surface area contributed by atoms with Crippen molar-refractivity contribution in [2.45, 2.75) is 51.8 Å². The van der Waals surface area contributed by atoms with Crippen LogP contribution in [0.2, 0.25) is 0 Å². The first-order valence-corrected chi connectivity index (χ1v) is 11.7. The Morgan fingerprint density at radius 2 is 1.43 bits per heavy atom. The topological polar surface area (TPSA) is 9.23 Å². The van der Waals surface area contributed by atoms with E-state index in [1.165, 1.54) is 56.4 Å². The highest BCUT2D eigenvalue weighted by Crippen LogP contribution is 2.39. The normalized spacial score (nSPS) is 18.4. The van der Waals surface area contributed by atoms with Gasteiger partial charge in [-0.25, -0.2) is 8.78 Å². The van der Waals surface area contributed by atoms with Crippen LogP contribution >= 0.6 is 0 Å². The summed E-state index contributed by atoms with van der Waals surface area (Å²) in [5.74, 6) is -1.49. The first kappa shape index (κ1) is 25.0. The number of hydrogen-bond acceptors (Lipinski definition) is 1. The molecule has 1 nitrogen and oxygen atoms in total. The van der Waals surface area contributed by atoms with Crippen molar-refractivity contribution < 1.29 is 26.7 Å². The van der Waals surface area contributed by atoms with Crippen LogP contribution in [-0.2, 0) is 0 Å². The summed E-state index contributed by atoms with van der Waals surface area (Å²) < 4.78 is 71.7. The van der Waals surface area contributed by atoms with Gasteiger partial charge < -0.3 is 4.74 Å². The Hall–Kier alpha value is -3.15. The highest BCUT2D eigenvalue weighted by Gasteiger charge is 2.34. The molecule has 0 aromatic heterocycles. The second-order valence-corrected chi connectivity index (χ2v) is 9.44. The third-order valence-electron chi connectivity index (χ3n) is 6.73. The molecule has 0 heterocycles. The lowest BCUT2D eigenvalue weighted by molar-refractivity contribution is -0.275. The fraction of sp³-hybridized carbons (Fsp3) is 0.310. The van der Waals surface area contributed by atoms with Crippen LogP contribution in [0.25, 0.3) is 27.8 Å². The van der Waals surface area contributed by atoms with Crippen LogP contribution in [0.4, 0.5) is 22.0 Å². The summed E-state index contributed by atoms with van der Waals surface area (Å²) in [6.45, 7) is 7.32. The summed E-state index contributed by atoms with van der Waals surface area (Å²) in [4.78, 5) is 0. The minimum atomic E-state index is -5.07. The summed E-state index contributed by atoms with van der Waals surface area (Å²) in [5.41, 5.74) is 2.96. The average molecular weight is 487 g/mol. The molecule has 0 amide bonds. The third-order valence-corrected chi connectivity index (χ3v) is 6.73. The Balaban J connectivity index is 1.61. The molecule has 1 saturated carbocycles. The summed E-state index contributed by atoms with van der Waals surface area (Å²) in [6.07, 6.45) is -0.241. The van der Waals surface area contributed by atoms with Crippen LogP contribution in [-0.4, -0.2) is 6.36 Å². The van der Waals surface area contributed by atoms with Crippen molar-refractivity contribution in [1.29, 1.82) is 0 Å². The minimum Gasteiger partial charge on any atom is -0.402 e. The molecule has 3 aromatic rings. The van der Waals surface area contributed by atoms with E-state index >= 15 is 4.39 Å². The van der Waals surface area contributed by atoms with Gasteiger partial charge in [0.25, 0.3) is 0 Å². The maximum atomic E-state index is 15.1. The number of rotatable bonds is 5. The zero-order valence-electron chi connectivity index (χ0n) is 19.7. The van der Waals surface area contributed by atoms with Gasteiger partial charge in [-0.3, -0.25) is 0 Å². The van der Waals surface area contributed by atoms with Crippen molar-refractivity contribution in [3.8, 4) is 28.0 Å². The summed E-state index contributed by atoms with van der Waals surface area (Å²) in [7, 11) is 0. The molecule has 0 radical (unpaired) electrons. The Kier molecular flexibility index (Phi) is 7.02. The number of halogens is 5. The fourth-order valence-corrected chi connectivity index (χ4v) is 4.76. The average Bonchev–Trinajstić information content (AvgIpc) is 2.80. The van der Waals surface area contributed by atoms with Crippen LogP contribution in [0.15, 0.2) is 61.2 Å². The zero-order chi connectivity index (χ0) is 25.3. The number of ether oxygens (including phenoxy) is 1. The molecular formula is C29H27F5O. The Bertz CT molecular complexity index is 1220. The van der Waals surface area contributed by atoms with Gasteiger partial charge >= 0.3 is 6.36 Å². The molecule has 0 atom stereocenters. The maximum absolute atomic E-state index is 15.1. The van der Waals surface area contributed by atoms with E-state index in [0.717, 1.165) is 17.5 Å². The molecule has 35 heavy (non-hydrogen) atoms. The van der Waals surface area contributed by atoms with E-state index in [-0.39, 0.29) is 22.3 Å². The number of alkyl halides is 3. The van der Waals surface area contributed by atoms with Gasteiger partial charge in [0.05, 0.1) is 0 Å². The molecule has 0 unspecified atom stereocenters. The van der Waals surface area contributed by atoms with Crippen LogP contribution in [0.3, 0.4) is 0 Å². The lowest BCUT2D eigenvalue weighted by Gasteiger charge is -2.26. The molecule has 4 rings (SSSR count). The summed E-state index contributed by atoms with van der Waals surface area (Å²) in [5, 5.41) is 0. The lowest BCUT2D eigenvalue weighted by Crippen LogP contribution is -2.19. The standard InChI is InChI=1S/C29H27F5O/c1-17(2)25-14-23(16-27(31)28(25)35-29(32,33)34)24-13-12-22(15-26(24)30)21-10-8-20(9-11-21)19-6-4-18(3)5-7-19/h8-16,18-19H,1,4-7H2,2-3H3. The van der Waals surface area contributed by atoms with E-state index in [2.05, 4.69) is 30.4 Å². The highest BCUT2D eigenvalue weighted by atomic mass is 19.4. The van der Waals surface area contributed by atoms with E-state index < -0.39 is 23.7 Å². The fourth-order valence-electron chi connectivity index (χ4n) is 4.76. The molecule has 6 heteroatoms. The van der Waals surface area contributed by atoms with Gasteiger partial charge in [-0.1, -0.05) is 62.7 Å². The Morgan fingerprint density at radius 1 is 0.829 bits per heavy atom. The minimum absolute atomic E-state index is 0.0710. The van der Waals surface area contributed by atoms with Gasteiger partial charge in [-0.2, -0.15) is 0 Å². The first-order valence-electron chi connectivity index (χ1n) is 11.7. The monoisotopic (exact) mass is 486 g/mol. The van der Waals surface area contributed by atoms with E-state index in [1.807, 2.05) is 12.1 Å². The molecule has 3 aromatic carbocycles.